The fourth-order valence-corrected chi connectivity index (χ4v) is 3.36. The summed E-state index contributed by atoms with van der Waals surface area (Å²) in [4.78, 5) is 2.25. The van der Waals surface area contributed by atoms with E-state index in [9.17, 15) is 0 Å². The molecule has 0 aromatic heterocycles. The number of benzene rings is 4. The van der Waals surface area contributed by atoms with Crippen LogP contribution in [0.2, 0.25) is 0 Å². The summed E-state index contributed by atoms with van der Waals surface area (Å²) in [6.45, 7) is 2.09. The SMILES string of the molecule is Cc1cccc(N(C)N=Cc2ccc(N(c3ccccc3)c3ccccc3)cc2)c1. The van der Waals surface area contributed by atoms with Crippen LogP contribution >= 0.6 is 0 Å². The van der Waals surface area contributed by atoms with Crippen molar-refractivity contribution in [1.29, 1.82) is 0 Å². The van der Waals surface area contributed by atoms with Gasteiger partial charge in [-0.25, -0.2) is 0 Å². The van der Waals surface area contributed by atoms with E-state index in [1.165, 1.54) is 5.56 Å². The van der Waals surface area contributed by atoms with E-state index in [-0.39, 0.29) is 0 Å². The number of para-hydroxylation sites is 2. The van der Waals surface area contributed by atoms with Crippen molar-refractivity contribution in [3.8, 4) is 0 Å². The van der Waals surface area contributed by atoms with Crippen LogP contribution in [0.3, 0.4) is 0 Å². The van der Waals surface area contributed by atoms with Crippen LogP contribution in [0.25, 0.3) is 0 Å². The quantitative estimate of drug-likeness (QED) is 0.262. The Kier molecular flexibility index (Phi) is 5.90. The summed E-state index contributed by atoms with van der Waals surface area (Å²) in [6.07, 6.45) is 1.89. The molecule has 0 N–H and O–H groups in total. The van der Waals surface area contributed by atoms with Crippen molar-refractivity contribution >= 4 is 29.0 Å². The van der Waals surface area contributed by atoms with Crippen molar-refractivity contribution < 1.29 is 0 Å². The molecule has 0 saturated heterocycles. The Hall–Kier alpha value is -3.85. The number of hydrogen-bond acceptors (Lipinski definition) is 3. The molecule has 0 amide bonds. The summed E-state index contributed by atoms with van der Waals surface area (Å²) >= 11 is 0. The maximum Gasteiger partial charge on any atom is 0.0593 e. The van der Waals surface area contributed by atoms with Gasteiger partial charge in [0.1, 0.15) is 0 Å². The Bertz CT molecular complexity index is 1060. The van der Waals surface area contributed by atoms with Gasteiger partial charge in [0.25, 0.3) is 0 Å². The standard InChI is InChI=1S/C27H25N3/c1-22-10-9-15-27(20-22)29(2)28-21-23-16-18-26(19-17-23)30(24-11-5-3-6-12-24)25-13-7-4-8-14-25/h3-21H,1-2H3. The van der Waals surface area contributed by atoms with E-state index in [1.54, 1.807) is 0 Å². The van der Waals surface area contributed by atoms with Crippen LogP contribution in [0, 0.1) is 6.92 Å². The number of aryl methyl sites for hydroxylation is 1. The largest absolute Gasteiger partial charge is 0.311 e. The van der Waals surface area contributed by atoms with Gasteiger partial charge in [0, 0.05) is 24.1 Å². The molecule has 148 valence electrons. The van der Waals surface area contributed by atoms with Crippen LogP contribution in [0.4, 0.5) is 22.7 Å². The highest BCUT2D eigenvalue weighted by molar-refractivity contribution is 5.83. The van der Waals surface area contributed by atoms with Crippen LogP contribution in [0.15, 0.2) is 114 Å². The van der Waals surface area contributed by atoms with Gasteiger partial charge in [0.15, 0.2) is 0 Å². The highest BCUT2D eigenvalue weighted by Gasteiger charge is 2.11. The molecule has 4 aromatic rings. The third-order valence-electron chi connectivity index (χ3n) is 4.94. The summed E-state index contributed by atoms with van der Waals surface area (Å²) in [5.74, 6) is 0. The molecule has 3 heteroatoms. The molecule has 0 unspecified atom stereocenters. The first-order valence-corrected chi connectivity index (χ1v) is 10.1. The third kappa shape index (κ3) is 4.58. The zero-order valence-electron chi connectivity index (χ0n) is 17.3. The van der Waals surface area contributed by atoms with Gasteiger partial charge < -0.3 is 4.90 Å². The molecule has 0 aliphatic carbocycles. The zero-order chi connectivity index (χ0) is 20.8. The number of hydrazone groups is 1. The van der Waals surface area contributed by atoms with Gasteiger partial charge in [0.2, 0.25) is 0 Å². The molecule has 30 heavy (non-hydrogen) atoms. The molecule has 0 spiro atoms. The molecule has 0 atom stereocenters. The monoisotopic (exact) mass is 391 g/mol. The molecular weight excluding hydrogens is 366 g/mol. The lowest BCUT2D eigenvalue weighted by molar-refractivity contribution is 1.02. The highest BCUT2D eigenvalue weighted by atomic mass is 15.4. The predicted molar refractivity (Wildman–Crippen MR) is 128 cm³/mol. The lowest BCUT2D eigenvalue weighted by Gasteiger charge is -2.25. The van der Waals surface area contributed by atoms with Crippen molar-refractivity contribution in [3.05, 3.63) is 120 Å². The average molecular weight is 392 g/mol. The second-order valence-corrected chi connectivity index (χ2v) is 7.21. The number of rotatable bonds is 6. The van der Waals surface area contributed by atoms with Crippen LogP contribution in [0.5, 0.6) is 0 Å². The summed E-state index contributed by atoms with van der Waals surface area (Å²) in [5, 5.41) is 6.48. The first kappa shape index (κ1) is 19.5. The maximum absolute atomic E-state index is 4.59. The topological polar surface area (TPSA) is 18.8 Å². The Morgan fingerprint density at radius 2 is 1.13 bits per heavy atom. The lowest BCUT2D eigenvalue weighted by atomic mass is 10.1. The van der Waals surface area contributed by atoms with Crippen molar-refractivity contribution in [3.63, 3.8) is 0 Å². The molecule has 0 bridgehead atoms. The molecule has 3 nitrogen and oxygen atoms in total. The first-order valence-electron chi connectivity index (χ1n) is 10.1. The van der Waals surface area contributed by atoms with Gasteiger partial charge in [-0.3, -0.25) is 5.01 Å². The molecular formula is C27H25N3. The minimum absolute atomic E-state index is 1.05. The number of anilines is 4. The van der Waals surface area contributed by atoms with E-state index in [0.717, 1.165) is 28.3 Å². The fraction of sp³-hybridized carbons (Fsp3) is 0.0741. The van der Waals surface area contributed by atoms with Gasteiger partial charge >= 0.3 is 0 Å². The van der Waals surface area contributed by atoms with Gasteiger partial charge in [-0.1, -0.05) is 60.7 Å². The second-order valence-electron chi connectivity index (χ2n) is 7.21. The van der Waals surface area contributed by atoms with Crippen molar-refractivity contribution in [1.82, 2.24) is 0 Å². The predicted octanol–water partition coefficient (Wildman–Crippen LogP) is 6.94. The third-order valence-corrected chi connectivity index (χ3v) is 4.94. The van der Waals surface area contributed by atoms with E-state index in [0.29, 0.717) is 0 Å². The molecule has 0 aliphatic heterocycles. The molecule has 0 aliphatic rings. The van der Waals surface area contributed by atoms with Crippen LogP contribution < -0.4 is 9.91 Å². The minimum Gasteiger partial charge on any atom is -0.311 e. The number of hydrogen-bond donors (Lipinski definition) is 0. The van der Waals surface area contributed by atoms with E-state index >= 15 is 0 Å². The minimum atomic E-state index is 1.05. The average Bonchev–Trinajstić information content (AvgIpc) is 2.80. The van der Waals surface area contributed by atoms with Crippen molar-refractivity contribution in [2.45, 2.75) is 6.92 Å². The Morgan fingerprint density at radius 3 is 1.70 bits per heavy atom. The van der Waals surface area contributed by atoms with Gasteiger partial charge in [-0.05, 0) is 66.6 Å². The summed E-state index contributed by atoms with van der Waals surface area (Å²) in [5.41, 5.74) is 6.72. The summed E-state index contributed by atoms with van der Waals surface area (Å²) in [7, 11) is 1.96. The Morgan fingerprint density at radius 1 is 0.600 bits per heavy atom. The van der Waals surface area contributed by atoms with Gasteiger partial charge in [-0.15, -0.1) is 0 Å². The smallest absolute Gasteiger partial charge is 0.0593 e. The van der Waals surface area contributed by atoms with E-state index in [1.807, 2.05) is 36.5 Å². The molecule has 0 saturated carbocycles. The van der Waals surface area contributed by atoms with Crippen molar-refractivity contribution in [2.24, 2.45) is 5.10 Å². The lowest BCUT2D eigenvalue weighted by Crippen LogP contribution is -2.10. The first-order chi connectivity index (χ1) is 14.7. The molecule has 4 aromatic carbocycles. The molecule has 0 heterocycles. The number of nitrogens with zero attached hydrogens (tertiary/aromatic N) is 3. The normalized spacial score (nSPS) is 10.9. The highest BCUT2D eigenvalue weighted by Crippen LogP contribution is 2.33. The van der Waals surface area contributed by atoms with Gasteiger partial charge in [-0.2, -0.15) is 5.10 Å². The van der Waals surface area contributed by atoms with E-state index < -0.39 is 0 Å². The van der Waals surface area contributed by atoms with Crippen LogP contribution in [0.1, 0.15) is 11.1 Å². The van der Waals surface area contributed by atoms with Crippen LogP contribution in [-0.2, 0) is 0 Å². The molecule has 4 rings (SSSR count). The zero-order valence-corrected chi connectivity index (χ0v) is 17.3. The fourth-order valence-electron chi connectivity index (χ4n) is 3.36. The van der Waals surface area contributed by atoms with E-state index in [2.05, 4.69) is 108 Å². The maximum atomic E-state index is 4.59. The second kappa shape index (κ2) is 9.10. The summed E-state index contributed by atoms with van der Waals surface area (Å²) < 4.78 is 0. The Labute approximate surface area is 178 Å². The van der Waals surface area contributed by atoms with Crippen molar-refractivity contribution in [2.75, 3.05) is 17.0 Å². The van der Waals surface area contributed by atoms with Crippen LogP contribution in [-0.4, -0.2) is 13.3 Å². The Balaban J connectivity index is 1.58. The molecule has 0 fully saturated rings. The van der Waals surface area contributed by atoms with Gasteiger partial charge in [0.05, 0.1) is 11.9 Å². The van der Waals surface area contributed by atoms with E-state index in [4.69, 9.17) is 0 Å². The molecule has 0 radical (unpaired) electrons. The summed E-state index contributed by atoms with van der Waals surface area (Å²) in [6, 6.07) is 37.6.